The lowest BCUT2D eigenvalue weighted by molar-refractivity contribution is 0.628. The number of hydrogen-bond donors (Lipinski definition) is 1. The molecule has 1 aromatic heterocycles. The highest BCUT2D eigenvalue weighted by Gasteiger charge is 2.03. The van der Waals surface area contributed by atoms with Gasteiger partial charge in [0.25, 0.3) is 0 Å². The van der Waals surface area contributed by atoms with Crippen molar-refractivity contribution in [3.05, 3.63) is 47.2 Å². The number of benzene rings is 1. The third kappa shape index (κ3) is 2.25. The summed E-state index contributed by atoms with van der Waals surface area (Å²) in [6.07, 6.45) is 0. The number of pyridine rings is 1. The van der Waals surface area contributed by atoms with Gasteiger partial charge in [-0.3, -0.25) is 0 Å². The summed E-state index contributed by atoms with van der Waals surface area (Å²) in [6, 6.07) is 9.44. The maximum absolute atomic E-state index is 13.1. The zero-order valence-electron chi connectivity index (χ0n) is 7.74. The fourth-order valence-corrected chi connectivity index (χ4v) is 1.54. The molecule has 0 bridgehead atoms. The molecule has 76 valence electrons. The number of aromatic nitrogens is 1. The molecule has 0 saturated heterocycles. The van der Waals surface area contributed by atoms with Gasteiger partial charge < -0.3 is 5.73 Å². The van der Waals surface area contributed by atoms with Crippen LogP contribution in [-0.2, 0) is 0 Å². The van der Waals surface area contributed by atoms with Crippen molar-refractivity contribution >= 4 is 17.4 Å². The van der Waals surface area contributed by atoms with Crippen molar-refractivity contribution in [3.63, 3.8) is 0 Å². The molecule has 2 N–H and O–H groups in total. The molecule has 4 heteroatoms. The normalized spacial score (nSPS) is 10.3. The lowest BCUT2D eigenvalue weighted by atomic mass is 10.1. The molecule has 0 unspecified atom stereocenters. The van der Waals surface area contributed by atoms with Crippen molar-refractivity contribution in [2.75, 3.05) is 5.73 Å². The molecule has 2 rings (SSSR count). The molecule has 2 nitrogen and oxygen atoms in total. The van der Waals surface area contributed by atoms with Crippen molar-refractivity contribution < 1.29 is 4.39 Å². The Kier molecular flexibility index (Phi) is 2.56. The van der Waals surface area contributed by atoms with Crippen molar-refractivity contribution in [1.29, 1.82) is 0 Å². The summed E-state index contributed by atoms with van der Waals surface area (Å²) >= 11 is 5.74. The van der Waals surface area contributed by atoms with Crippen LogP contribution in [0.5, 0.6) is 0 Å². The van der Waals surface area contributed by atoms with Gasteiger partial charge in [-0.2, -0.15) is 0 Å². The zero-order chi connectivity index (χ0) is 10.8. The molecule has 0 atom stereocenters. The molecule has 0 fully saturated rings. The van der Waals surface area contributed by atoms with E-state index in [0.717, 1.165) is 0 Å². The molecule has 0 spiro atoms. The van der Waals surface area contributed by atoms with Gasteiger partial charge in [-0.05, 0) is 30.3 Å². The van der Waals surface area contributed by atoms with Crippen LogP contribution in [0.4, 0.5) is 10.2 Å². The number of nitrogens with two attached hydrogens (primary N) is 1. The van der Waals surface area contributed by atoms with E-state index in [4.69, 9.17) is 17.3 Å². The first-order valence-electron chi connectivity index (χ1n) is 4.34. The Hall–Kier alpha value is -1.61. The van der Waals surface area contributed by atoms with Crippen molar-refractivity contribution in [1.82, 2.24) is 4.98 Å². The monoisotopic (exact) mass is 222 g/mol. The minimum Gasteiger partial charge on any atom is -0.384 e. The molecular weight excluding hydrogens is 215 g/mol. The van der Waals surface area contributed by atoms with E-state index < -0.39 is 0 Å². The van der Waals surface area contributed by atoms with Crippen molar-refractivity contribution in [2.24, 2.45) is 0 Å². The number of halogens is 2. The van der Waals surface area contributed by atoms with Crippen LogP contribution in [0.25, 0.3) is 11.3 Å². The lowest BCUT2D eigenvalue weighted by Crippen LogP contribution is -1.91. The van der Waals surface area contributed by atoms with Gasteiger partial charge in [-0.1, -0.05) is 17.7 Å². The Morgan fingerprint density at radius 3 is 2.67 bits per heavy atom. The first kappa shape index (κ1) is 9.93. The Balaban J connectivity index is 2.54. The second-order valence-corrected chi connectivity index (χ2v) is 3.54. The molecule has 0 aliphatic rings. The molecule has 1 aromatic carbocycles. The predicted octanol–water partition coefficient (Wildman–Crippen LogP) is 3.12. The van der Waals surface area contributed by atoms with Crippen LogP contribution in [-0.4, -0.2) is 4.98 Å². The van der Waals surface area contributed by atoms with E-state index in [-0.39, 0.29) is 5.82 Å². The molecule has 15 heavy (non-hydrogen) atoms. The molecule has 0 saturated carbocycles. The van der Waals surface area contributed by atoms with Gasteiger partial charge in [0.2, 0.25) is 0 Å². The summed E-state index contributed by atoms with van der Waals surface area (Å²) < 4.78 is 13.1. The van der Waals surface area contributed by atoms with Crippen LogP contribution in [0.1, 0.15) is 0 Å². The van der Waals surface area contributed by atoms with Crippen LogP contribution in [0.15, 0.2) is 36.4 Å². The van der Waals surface area contributed by atoms with E-state index >= 15 is 0 Å². The largest absolute Gasteiger partial charge is 0.384 e. The summed E-state index contributed by atoms with van der Waals surface area (Å²) in [4.78, 5) is 4.08. The molecule has 1 heterocycles. The summed E-state index contributed by atoms with van der Waals surface area (Å²) in [7, 11) is 0. The smallest absolute Gasteiger partial charge is 0.125 e. The van der Waals surface area contributed by atoms with Crippen LogP contribution in [0, 0.1) is 5.82 Å². The van der Waals surface area contributed by atoms with Gasteiger partial charge in [0, 0.05) is 10.6 Å². The molecule has 0 radical (unpaired) electrons. The fourth-order valence-electron chi connectivity index (χ4n) is 1.31. The van der Waals surface area contributed by atoms with Gasteiger partial charge >= 0.3 is 0 Å². The van der Waals surface area contributed by atoms with Crippen LogP contribution < -0.4 is 5.73 Å². The zero-order valence-corrected chi connectivity index (χ0v) is 8.50. The standard InChI is InChI=1S/C11H8ClFN2/c12-8-4-7(5-9(13)6-8)10-2-1-3-11(14)15-10/h1-6H,(H2,14,15). The highest BCUT2D eigenvalue weighted by molar-refractivity contribution is 6.30. The van der Waals surface area contributed by atoms with E-state index in [0.29, 0.717) is 22.1 Å². The number of nitrogens with zero attached hydrogens (tertiary/aromatic N) is 1. The van der Waals surface area contributed by atoms with E-state index in [2.05, 4.69) is 4.98 Å². The van der Waals surface area contributed by atoms with Crippen molar-refractivity contribution in [2.45, 2.75) is 0 Å². The van der Waals surface area contributed by atoms with Gasteiger partial charge in [0.15, 0.2) is 0 Å². The summed E-state index contributed by atoms with van der Waals surface area (Å²) in [5, 5.41) is 0.342. The van der Waals surface area contributed by atoms with E-state index in [9.17, 15) is 4.39 Å². The van der Waals surface area contributed by atoms with E-state index in [1.54, 1.807) is 24.3 Å². The second kappa shape index (κ2) is 3.87. The van der Waals surface area contributed by atoms with Gasteiger partial charge in [-0.25, -0.2) is 9.37 Å². The van der Waals surface area contributed by atoms with Gasteiger partial charge in [0.1, 0.15) is 11.6 Å². The quantitative estimate of drug-likeness (QED) is 0.805. The van der Waals surface area contributed by atoms with Gasteiger partial charge in [0.05, 0.1) is 5.69 Å². The van der Waals surface area contributed by atoms with E-state index in [1.807, 2.05) is 0 Å². The Morgan fingerprint density at radius 1 is 1.20 bits per heavy atom. The predicted molar refractivity (Wildman–Crippen MR) is 59.1 cm³/mol. The Labute approximate surface area is 91.5 Å². The minimum absolute atomic E-state index is 0.342. The van der Waals surface area contributed by atoms with Crippen LogP contribution in [0.3, 0.4) is 0 Å². The SMILES string of the molecule is Nc1cccc(-c2cc(F)cc(Cl)c2)n1. The van der Waals surface area contributed by atoms with Crippen molar-refractivity contribution in [3.8, 4) is 11.3 Å². The number of nitrogen functional groups attached to an aromatic ring is 1. The molecule has 0 aliphatic heterocycles. The summed E-state index contributed by atoms with van der Waals surface area (Å²) in [6.45, 7) is 0. The molecule has 0 amide bonds. The summed E-state index contributed by atoms with van der Waals surface area (Å²) in [5.74, 6) is 0.00890. The van der Waals surface area contributed by atoms with Crippen LogP contribution >= 0.6 is 11.6 Å². The first-order valence-corrected chi connectivity index (χ1v) is 4.72. The third-order valence-electron chi connectivity index (χ3n) is 1.93. The highest BCUT2D eigenvalue weighted by atomic mass is 35.5. The van der Waals surface area contributed by atoms with Gasteiger partial charge in [-0.15, -0.1) is 0 Å². The number of hydrogen-bond acceptors (Lipinski definition) is 2. The first-order chi connectivity index (χ1) is 7.15. The number of rotatable bonds is 1. The lowest BCUT2D eigenvalue weighted by Gasteiger charge is -2.02. The molecule has 0 aliphatic carbocycles. The second-order valence-electron chi connectivity index (χ2n) is 3.11. The Morgan fingerprint density at radius 2 is 2.00 bits per heavy atom. The average Bonchev–Trinajstić information content (AvgIpc) is 2.16. The maximum Gasteiger partial charge on any atom is 0.125 e. The molecule has 2 aromatic rings. The topological polar surface area (TPSA) is 38.9 Å². The number of anilines is 1. The summed E-state index contributed by atoms with van der Waals surface area (Å²) in [5.41, 5.74) is 6.76. The Bertz CT molecular complexity index is 479. The molecular formula is C11H8ClFN2. The maximum atomic E-state index is 13.1. The van der Waals surface area contributed by atoms with E-state index in [1.165, 1.54) is 12.1 Å². The average molecular weight is 223 g/mol. The third-order valence-corrected chi connectivity index (χ3v) is 2.15. The minimum atomic E-state index is -0.387. The van der Waals surface area contributed by atoms with Crippen LogP contribution in [0.2, 0.25) is 5.02 Å². The fraction of sp³-hybridized carbons (Fsp3) is 0. The highest BCUT2D eigenvalue weighted by Crippen LogP contribution is 2.23.